The Hall–Kier alpha value is -1.53. The summed E-state index contributed by atoms with van der Waals surface area (Å²) in [5, 5.41) is 13.2. The predicted molar refractivity (Wildman–Crippen MR) is 78.5 cm³/mol. The van der Waals surface area contributed by atoms with Crippen LogP contribution >= 0.6 is 0 Å². The Labute approximate surface area is 120 Å². The third-order valence-electron chi connectivity index (χ3n) is 4.32. The number of rotatable bonds is 7. The molecule has 3 heteroatoms. The number of hydrogen-bond acceptors (Lipinski definition) is 3. The summed E-state index contributed by atoms with van der Waals surface area (Å²) in [4.78, 5) is 0. The lowest BCUT2D eigenvalue weighted by atomic mass is 9.96. The van der Waals surface area contributed by atoms with Crippen LogP contribution in [0.15, 0.2) is 24.3 Å². The molecular formula is C17H22N2O. The average Bonchev–Trinajstić information content (AvgIpc) is 3.37. The molecule has 1 N–H and O–H groups in total. The number of nitrogens with zero attached hydrogens (tertiary/aromatic N) is 1. The van der Waals surface area contributed by atoms with Crippen molar-refractivity contribution in [1.82, 2.24) is 5.32 Å². The highest BCUT2D eigenvalue weighted by atomic mass is 16.5. The van der Waals surface area contributed by atoms with Gasteiger partial charge in [0, 0.05) is 6.04 Å². The maximum Gasteiger partial charge on any atom is 0.144 e. The first-order valence-corrected chi connectivity index (χ1v) is 7.67. The molecule has 2 saturated carbocycles. The maximum atomic E-state index is 9.68. The molecule has 2 aliphatic rings. The quantitative estimate of drug-likeness (QED) is 0.828. The van der Waals surface area contributed by atoms with Crippen molar-refractivity contribution in [2.24, 2.45) is 5.92 Å². The summed E-state index contributed by atoms with van der Waals surface area (Å²) in [6.45, 7) is 2.59. The highest BCUT2D eigenvalue weighted by molar-refractivity contribution is 5.33. The van der Waals surface area contributed by atoms with Crippen molar-refractivity contribution in [3.05, 3.63) is 29.8 Å². The van der Waals surface area contributed by atoms with Gasteiger partial charge in [-0.25, -0.2) is 0 Å². The Kier molecular flexibility index (Phi) is 3.67. The van der Waals surface area contributed by atoms with Crippen LogP contribution in [0.25, 0.3) is 0 Å². The smallest absolute Gasteiger partial charge is 0.144 e. The van der Waals surface area contributed by atoms with Gasteiger partial charge in [-0.1, -0.05) is 25.1 Å². The Morgan fingerprint density at radius 3 is 2.65 bits per heavy atom. The van der Waals surface area contributed by atoms with Gasteiger partial charge < -0.3 is 4.74 Å². The van der Waals surface area contributed by atoms with E-state index < -0.39 is 5.54 Å². The third-order valence-corrected chi connectivity index (χ3v) is 4.32. The molecule has 0 heterocycles. The van der Waals surface area contributed by atoms with E-state index in [4.69, 9.17) is 4.74 Å². The predicted octanol–water partition coefficient (Wildman–Crippen LogP) is 3.05. The number of nitriles is 1. The van der Waals surface area contributed by atoms with Crippen LogP contribution in [0, 0.1) is 17.2 Å². The number of nitrogens with one attached hydrogen (secondary N) is 1. The fourth-order valence-corrected chi connectivity index (χ4v) is 2.73. The van der Waals surface area contributed by atoms with Gasteiger partial charge in [0.15, 0.2) is 0 Å². The molecule has 0 aromatic heterocycles. The van der Waals surface area contributed by atoms with E-state index in [1.54, 1.807) is 0 Å². The van der Waals surface area contributed by atoms with E-state index in [1.165, 1.54) is 18.4 Å². The largest absolute Gasteiger partial charge is 0.490 e. The second-order valence-electron chi connectivity index (χ2n) is 6.03. The minimum atomic E-state index is -0.484. The molecule has 3 rings (SSSR count). The van der Waals surface area contributed by atoms with Crippen LogP contribution < -0.4 is 10.1 Å². The van der Waals surface area contributed by atoms with Gasteiger partial charge in [-0.3, -0.25) is 5.32 Å². The van der Waals surface area contributed by atoms with Crippen LogP contribution in [0.4, 0.5) is 0 Å². The fraction of sp³-hybridized carbons (Fsp3) is 0.588. The van der Waals surface area contributed by atoms with Crippen LogP contribution in [0.3, 0.4) is 0 Å². The molecule has 0 spiro atoms. The van der Waals surface area contributed by atoms with Gasteiger partial charge in [0.1, 0.15) is 17.9 Å². The van der Waals surface area contributed by atoms with E-state index >= 15 is 0 Å². The molecule has 0 radical (unpaired) electrons. The SMILES string of the molecule is CCc1ccccc1OCC(C#N)(NC1CC1)C1CC1. The van der Waals surface area contributed by atoms with Gasteiger partial charge in [0.2, 0.25) is 0 Å². The first-order chi connectivity index (χ1) is 9.77. The lowest BCUT2D eigenvalue weighted by Gasteiger charge is -2.28. The standard InChI is InChI=1S/C17H22N2O/c1-2-13-5-3-4-6-16(13)20-12-17(11-18,14-7-8-14)19-15-9-10-15/h3-6,14-15,19H,2,7-10,12H2,1H3. The van der Waals surface area contributed by atoms with Gasteiger partial charge in [-0.05, 0) is 49.7 Å². The number of para-hydroxylation sites is 1. The first-order valence-electron chi connectivity index (χ1n) is 7.67. The average molecular weight is 270 g/mol. The van der Waals surface area contributed by atoms with Gasteiger partial charge in [0.05, 0.1) is 6.07 Å². The molecule has 0 amide bonds. The number of ether oxygens (including phenoxy) is 1. The summed E-state index contributed by atoms with van der Waals surface area (Å²) in [6, 6.07) is 11.2. The zero-order chi connectivity index (χ0) is 14.0. The minimum absolute atomic E-state index is 0.460. The Bertz CT molecular complexity index is 514. The van der Waals surface area contributed by atoms with Crippen molar-refractivity contribution in [2.45, 2.75) is 50.6 Å². The first kappa shape index (κ1) is 13.5. The summed E-state index contributed by atoms with van der Waals surface area (Å²) < 4.78 is 6.03. The lowest BCUT2D eigenvalue weighted by molar-refractivity contribution is 0.199. The van der Waals surface area contributed by atoms with Crippen LogP contribution in [0.1, 0.15) is 38.2 Å². The highest BCUT2D eigenvalue weighted by Gasteiger charge is 2.49. The maximum absolute atomic E-state index is 9.68. The van der Waals surface area contributed by atoms with E-state index in [0.29, 0.717) is 18.6 Å². The summed E-state index contributed by atoms with van der Waals surface area (Å²) in [5.74, 6) is 1.38. The Balaban J connectivity index is 1.71. The highest BCUT2D eigenvalue weighted by Crippen LogP contribution is 2.41. The van der Waals surface area contributed by atoms with Crippen molar-refractivity contribution in [1.29, 1.82) is 5.26 Å². The lowest BCUT2D eigenvalue weighted by Crippen LogP contribution is -2.52. The molecule has 106 valence electrons. The molecular weight excluding hydrogens is 248 g/mol. The molecule has 3 nitrogen and oxygen atoms in total. The topological polar surface area (TPSA) is 45.0 Å². The summed E-state index contributed by atoms with van der Waals surface area (Å²) in [5.41, 5.74) is 0.726. The van der Waals surface area contributed by atoms with Crippen LogP contribution in [0.2, 0.25) is 0 Å². The van der Waals surface area contributed by atoms with Crippen LogP contribution in [-0.2, 0) is 6.42 Å². The molecule has 0 aliphatic heterocycles. The zero-order valence-corrected chi connectivity index (χ0v) is 12.1. The number of benzene rings is 1. The molecule has 20 heavy (non-hydrogen) atoms. The molecule has 1 aromatic carbocycles. The van der Waals surface area contributed by atoms with E-state index in [0.717, 1.165) is 25.0 Å². The van der Waals surface area contributed by atoms with Gasteiger partial charge >= 0.3 is 0 Å². The minimum Gasteiger partial charge on any atom is -0.490 e. The fourth-order valence-electron chi connectivity index (χ4n) is 2.73. The molecule has 0 saturated heterocycles. The molecule has 0 bridgehead atoms. The van der Waals surface area contributed by atoms with E-state index in [2.05, 4.69) is 24.4 Å². The van der Waals surface area contributed by atoms with Crippen molar-refractivity contribution in [3.8, 4) is 11.8 Å². The molecule has 1 aromatic rings. The summed E-state index contributed by atoms with van der Waals surface area (Å²) in [7, 11) is 0. The molecule has 1 unspecified atom stereocenters. The molecule has 2 aliphatic carbocycles. The molecule has 1 atom stereocenters. The van der Waals surface area contributed by atoms with Crippen LogP contribution in [0.5, 0.6) is 5.75 Å². The van der Waals surface area contributed by atoms with E-state index in [-0.39, 0.29) is 0 Å². The monoisotopic (exact) mass is 270 g/mol. The summed E-state index contributed by atoms with van der Waals surface area (Å²) in [6.07, 6.45) is 5.64. The Morgan fingerprint density at radius 2 is 2.05 bits per heavy atom. The number of aryl methyl sites for hydroxylation is 1. The zero-order valence-electron chi connectivity index (χ0n) is 12.1. The molecule has 2 fully saturated rings. The van der Waals surface area contributed by atoms with E-state index in [1.807, 2.05) is 18.2 Å². The summed E-state index contributed by atoms with van der Waals surface area (Å²) >= 11 is 0. The normalized spacial score (nSPS) is 21.0. The van der Waals surface area contributed by atoms with Crippen molar-refractivity contribution in [2.75, 3.05) is 6.61 Å². The van der Waals surface area contributed by atoms with Gasteiger partial charge in [-0.2, -0.15) is 5.26 Å². The van der Waals surface area contributed by atoms with Gasteiger partial charge in [-0.15, -0.1) is 0 Å². The second-order valence-corrected chi connectivity index (χ2v) is 6.03. The Morgan fingerprint density at radius 1 is 1.30 bits per heavy atom. The van der Waals surface area contributed by atoms with Crippen molar-refractivity contribution < 1.29 is 4.74 Å². The number of hydrogen-bond donors (Lipinski definition) is 1. The van der Waals surface area contributed by atoms with E-state index in [9.17, 15) is 5.26 Å². The van der Waals surface area contributed by atoms with Gasteiger partial charge in [0.25, 0.3) is 0 Å². The van der Waals surface area contributed by atoms with Crippen molar-refractivity contribution in [3.63, 3.8) is 0 Å². The van der Waals surface area contributed by atoms with Crippen molar-refractivity contribution >= 4 is 0 Å². The van der Waals surface area contributed by atoms with Crippen LogP contribution in [-0.4, -0.2) is 18.2 Å². The third kappa shape index (κ3) is 2.81. The second kappa shape index (κ2) is 5.46.